The topological polar surface area (TPSA) is 66.8 Å². The molecule has 3 saturated carbocycles. The number of hydrogen-bond donors (Lipinski definition) is 1. The fourth-order valence-electron chi connectivity index (χ4n) is 6.41. The summed E-state index contributed by atoms with van der Waals surface area (Å²) in [5, 5.41) is 9.61. The van der Waals surface area contributed by atoms with E-state index in [-0.39, 0.29) is 28.7 Å². The molecule has 5 rings (SSSR count). The molecule has 33 heavy (non-hydrogen) atoms. The number of benzene rings is 1. The quantitative estimate of drug-likeness (QED) is 0.559. The van der Waals surface area contributed by atoms with E-state index in [1.165, 1.54) is 16.5 Å². The van der Waals surface area contributed by atoms with Crippen molar-refractivity contribution in [2.45, 2.75) is 70.8 Å². The Kier molecular flexibility index (Phi) is 5.53. The van der Waals surface area contributed by atoms with Crippen LogP contribution in [0.15, 0.2) is 24.3 Å². The van der Waals surface area contributed by atoms with E-state index in [4.69, 9.17) is 4.74 Å². The van der Waals surface area contributed by atoms with Gasteiger partial charge in [0.2, 0.25) is 0 Å². The van der Waals surface area contributed by atoms with Gasteiger partial charge in [-0.2, -0.15) is 0 Å². The van der Waals surface area contributed by atoms with Gasteiger partial charge in [-0.3, -0.25) is 4.79 Å². The number of carboxylic acid groups (broad SMARTS) is 1. The minimum Gasteiger partial charge on any atom is -0.493 e. The van der Waals surface area contributed by atoms with Crippen LogP contribution in [-0.2, 0) is 4.79 Å². The first-order valence-electron chi connectivity index (χ1n) is 12.4. The Morgan fingerprint density at radius 1 is 1.33 bits per heavy atom. The Balaban J connectivity index is 1.39. The van der Waals surface area contributed by atoms with E-state index in [0.717, 1.165) is 50.5 Å². The molecule has 2 unspecified atom stereocenters. The Bertz CT molecular complexity index is 1000. The first kappa shape index (κ1) is 22.4. The van der Waals surface area contributed by atoms with Gasteiger partial charge in [-0.15, -0.1) is 0 Å². The number of fused-ring (bicyclic) bond motifs is 1. The fourth-order valence-corrected chi connectivity index (χ4v) is 6.41. The van der Waals surface area contributed by atoms with Crippen molar-refractivity contribution in [3.63, 3.8) is 0 Å². The minimum atomic E-state index is -0.996. The van der Waals surface area contributed by atoms with E-state index in [1.54, 1.807) is 6.07 Å². The van der Waals surface area contributed by atoms with Gasteiger partial charge >= 0.3 is 5.97 Å². The first-order valence-corrected chi connectivity index (χ1v) is 12.4. The van der Waals surface area contributed by atoms with Crippen LogP contribution in [-0.4, -0.2) is 41.1 Å². The maximum atomic E-state index is 15.2. The Morgan fingerprint density at radius 2 is 2.09 bits per heavy atom. The van der Waals surface area contributed by atoms with Crippen molar-refractivity contribution in [3.8, 4) is 5.75 Å². The van der Waals surface area contributed by atoms with Crippen LogP contribution in [0.3, 0.4) is 0 Å². The Morgan fingerprint density at radius 3 is 2.73 bits per heavy atom. The van der Waals surface area contributed by atoms with Crippen LogP contribution in [0.1, 0.15) is 80.6 Å². The number of allylic oxidation sites excluding steroid dienone is 1. The zero-order valence-corrected chi connectivity index (χ0v) is 19.6. The molecule has 1 saturated heterocycles. The van der Waals surface area contributed by atoms with Crippen molar-refractivity contribution in [2.24, 2.45) is 23.2 Å². The van der Waals surface area contributed by atoms with Gasteiger partial charge in [0.05, 0.1) is 12.2 Å². The summed E-state index contributed by atoms with van der Waals surface area (Å²) < 4.78 is 21.5. The smallest absolute Gasteiger partial charge is 0.326 e. The standard InChI is InChI=1S/C27H34FNO4/c1-4-27(11-15(2)7-16(3)12-27)14-33-23-10-22(28)21(9-19(23)17-5-6-17)25(30)29-13-18-8-20(18)24(29)26(31)32/h9-10,16-18,20,24H,2,4-8,11-14H2,1,3H3,(H,31,32)/t16?,18-,20-,24+,27?/m1/s1. The van der Waals surface area contributed by atoms with Crippen LogP contribution in [0, 0.1) is 29.0 Å². The van der Waals surface area contributed by atoms with E-state index in [9.17, 15) is 14.7 Å². The molecule has 5 nitrogen and oxygen atoms in total. The van der Waals surface area contributed by atoms with Gasteiger partial charge in [-0.1, -0.05) is 26.0 Å². The number of likely N-dealkylation sites (tertiary alicyclic amines) is 1. The molecule has 1 amide bonds. The van der Waals surface area contributed by atoms with Crippen LogP contribution < -0.4 is 4.74 Å². The van der Waals surface area contributed by atoms with Gasteiger partial charge in [-0.25, -0.2) is 9.18 Å². The lowest BCUT2D eigenvalue weighted by molar-refractivity contribution is -0.142. The second kappa shape index (κ2) is 8.14. The third kappa shape index (κ3) is 4.17. The molecular formula is C27H34FNO4. The van der Waals surface area contributed by atoms with Gasteiger partial charge in [0.1, 0.15) is 17.6 Å². The molecule has 1 N–H and O–H groups in total. The number of rotatable bonds is 7. The highest BCUT2D eigenvalue weighted by Crippen LogP contribution is 2.51. The summed E-state index contributed by atoms with van der Waals surface area (Å²) in [5.41, 5.74) is 2.11. The average Bonchev–Trinajstić information content (AvgIpc) is 3.69. The first-order chi connectivity index (χ1) is 15.7. The SMILES string of the molecule is C=C1CC(C)CC(CC)(COc2cc(F)c(C(=O)N3C[C@H]4C[C@H]4[C@H]3C(=O)O)cc2C2CC2)C1. The maximum absolute atomic E-state index is 15.2. The number of nitrogens with zero attached hydrogens (tertiary/aromatic N) is 1. The Hall–Kier alpha value is -2.37. The largest absolute Gasteiger partial charge is 0.493 e. The molecule has 178 valence electrons. The number of carbonyl (C=O) groups excluding carboxylic acids is 1. The summed E-state index contributed by atoms with van der Waals surface area (Å²) in [7, 11) is 0. The van der Waals surface area contributed by atoms with Gasteiger partial charge in [0.25, 0.3) is 5.91 Å². The highest BCUT2D eigenvalue weighted by molar-refractivity contribution is 5.98. The summed E-state index contributed by atoms with van der Waals surface area (Å²) in [6, 6.07) is 2.15. The molecule has 4 aliphatic rings. The van der Waals surface area contributed by atoms with Gasteiger partial charge < -0.3 is 14.7 Å². The molecule has 6 heteroatoms. The van der Waals surface area contributed by atoms with Crippen molar-refractivity contribution in [1.82, 2.24) is 4.90 Å². The number of hydrogen-bond acceptors (Lipinski definition) is 3. The van der Waals surface area contributed by atoms with Crippen LogP contribution in [0.5, 0.6) is 5.75 Å². The highest BCUT2D eigenvalue weighted by atomic mass is 19.1. The minimum absolute atomic E-state index is 0.00578. The summed E-state index contributed by atoms with van der Waals surface area (Å²) in [6.07, 6.45) is 6.85. The predicted molar refractivity (Wildman–Crippen MR) is 123 cm³/mol. The van der Waals surface area contributed by atoms with Crippen LogP contribution >= 0.6 is 0 Å². The van der Waals surface area contributed by atoms with E-state index in [1.807, 2.05) is 0 Å². The molecule has 3 aliphatic carbocycles. The lowest BCUT2D eigenvalue weighted by Gasteiger charge is -2.40. The van der Waals surface area contributed by atoms with E-state index < -0.39 is 23.7 Å². The molecule has 0 radical (unpaired) electrons. The number of halogens is 1. The van der Waals surface area contributed by atoms with Gasteiger partial charge in [0.15, 0.2) is 0 Å². The van der Waals surface area contributed by atoms with Crippen molar-refractivity contribution in [1.29, 1.82) is 0 Å². The lowest BCUT2D eigenvalue weighted by atomic mass is 9.67. The maximum Gasteiger partial charge on any atom is 0.326 e. The third-order valence-corrected chi connectivity index (χ3v) is 8.34. The zero-order chi connectivity index (χ0) is 23.5. The molecule has 4 fully saturated rings. The zero-order valence-electron chi connectivity index (χ0n) is 19.6. The molecule has 1 heterocycles. The van der Waals surface area contributed by atoms with Crippen LogP contribution in [0.2, 0.25) is 0 Å². The predicted octanol–water partition coefficient (Wildman–Crippen LogP) is 5.40. The Labute approximate surface area is 195 Å². The monoisotopic (exact) mass is 455 g/mol. The van der Waals surface area contributed by atoms with Crippen LogP contribution in [0.25, 0.3) is 0 Å². The molecular weight excluding hydrogens is 421 g/mol. The van der Waals surface area contributed by atoms with Gasteiger partial charge in [-0.05, 0) is 80.2 Å². The molecule has 0 bridgehead atoms. The van der Waals surface area contributed by atoms with E-state index in [2.05, 4.69) is 20.4 Å². The highest BCUT2D eigenvalue weighted by Gasteiger charge is 2.57. The number of piperidine rings is 1. The van der Waals surface area contributed by atoms with E-state index >= 15 is 4.39 Å². The van der Waals surface area contributed by atoms with Gasteiger partial charge in [0, 0.05) is 18.0 Å². The third-order valence-electron chi connectivity index (χ3n) is 8.34. The number of ether oxygens (including phenoxy) is 1. The van der Waals surface area contributed by atoms with Crippen molar-refractivity contribution >= 4 is 11.9 Å². The fraction of sp³-hybridized carbons (Fsp3) is 0.630. The number of carboxylic acids is 1. The summed E-state index contributed by atoms with van der Waals surface area (Å²) in [6.45, 7) is 9.57. The van der Waals surface area contributed by atoms with Crippen molar-refractivity contribution < 1.29 is 23.8 Å². The molecule has 0 spiro atoms. The summed E-state index contributed by atoms with van der Waals surface area (Å²) >= 11 is 0. The molecule has 5 atom stereocenters. The van der Waals surface area contributed by atoms with Crippen molar-refractivity contribution in [3.05, 3.63) is 41.2 Å². The normalized spacial score (nSPS) is 33.1. The molecule has 1 aromatic rings. The summed E-state index contributed by atoms with van der Waals surface area (Å²) in [5.74, 6) is -0.527. The number of carbonyl (C=O) groups is 2. The van der Waals surface area contributed by atoms with Crippen LogP contribution in [0.4, 0.5) is 4.39 Å². The summed E-state index contributed by atoms with van der Waals surface area (Å²) in [4.78, 5) is 26.3. The average molecular weight is 456 g/mol. The lowest BCUT2D eigenvalue weighted by Crippen LogP contribution is -2.43. The number of aliphatic carboxylic acids is 1. The molecule has 1 aromatic carbocycles. The number of amides is 1. The second-order valence-electron chi connectivity index (χ2n) is 11.1. The van der Waals surface area contributed by atoms with E-state index in [0.29, 0.717) is 24.8 Å². The van der Waals surface area contributed by atoms with Crippen molar-refractivity contribution in [2.75, 3.05) is 13.2 Å². The molecule has 1 aliphatic heterocycles. The molecule has 0 aromatic heterocycles. The second-order valence-corrected chi connectivity index (χ2v) is 11.1.